The zero-order valence-electron chi connectivity index (χ0n) is 17.3. The molecule has 1 aromatic carbocycles. The summed E-state index contributed by atoms with van der Waals surface area (Å²) in [6, 6.07) is 10.1. The Balaban J connectivity index is 1.86. The summed E-state index contributed by atoms with van der Waals surface area (Å²) in [4.78, 5) is 23.0. The number of amides is 1. The maximum absolute atomic E-state index is 11.4. The third-order valence-corrected chi connectivity index (χ3v) is 5.04. The Kier molecular flexibility index (Phi) is 6.65. The number of aryl methyl sites for hydroxylation is 2. The zero-order valence-corrected chi connectivity index (χ0v) is 17.3. The lowest BCUT2D eigenvalue weighted by Crippen LogP contribution is -2.47. The molecule has 0 saturated carbocycles. The minimum absolute atomic E-state index is 0.00114. The lowest BCUT2D eigenvalue weighted by Gasteiger charge is -2.34. The summed E-state index contributed by atoms with van der Waals surface area (Å²) in [7, 11) is 0. The summed E-state index contributed by atoms with van der Waals surface area (Å²) in [6.45, 7) is 7.25. The number of carbonyl (C=O) groups is 1. The highest BCUT2D eigenvalue weighted by molar-refractivity contribution is 5.73. The fraction of sp³-hybridized carbons (Fsp3) is 0.455. The average Bonchev–Trinajstić information content (AvgIpc) is 2.69. The highest BCUT2D eigenvalue weighted by Crippen LogP contribution is 2.23. The van der Waals surface area contributed by atoms with E-state index in [0.717, 1.165) is 61.5 Å². The van der Waals surface area contributed by atoms with Crippen LogP contribution in [0.4, 0.5) is 17.5 Å². The van der Waals surface area contributed by atoms with Gasteiger partial charge in [-0.2, -0.15) is 10.2 Å². The number of nitrogens with zero attached hydrogens (tertiary/aromatic N) is 4. The topological polar surface area (TPSA) is 93.9 Å². The standard InChI is InChI=1S/C22H28N6O/c1-4-6-18-12-21(28-10-5-7-20(14-28)24-16(3)29)27-22(25-18)26-19-9-8-15(2)17(11-19)13-23/h8-9,11-12,20H,4-7,10,14H2,1-3H3,(H,24,29)(H,25,26,27)/t20-/m1/s1. The van der Waals surface area contributed by atoms with E-state index in [2.05, 4.69) is 33.5 Å². The number of carbonyl (C=O) groups excluding carboxylic acids is 1. The molecule has 2 N–H and O–H groups in total. The molecule has 7 nitrogen and oxygen atoms in total. The molecule has 152 valence electrons. The van der Waals surface area contributed by atoms with Gasteiger partial charge in [0.05, 0.1) is 11.6 Å². The fourth-order valence-electron chi connectivity index (χ4n) is 3.63. The Morgan fingerprint density at radius 2 is 2.17 bits per heavy atom. The number of rotatable bonds is 6. The molecule has 2 heterocycles. The predicted molar refractivity (Wildman–Crippen MR) is 114 cm³/mol. The summed E-state index contributed by atoms with van der Waals surface area (Å²) in [6.07, 6.45) is 3.84. The van der Waals surface area contributed by atoms with Crippen molar-refractivity contribution in [3.8, 4) is 6.07 Å². The van der Waals surface area contributed by atoms with Crippen molar-refractivity contribution in [2.24, 2.45) is 0 Å². The maximum atomic E-state index is 11.4. The van der Waals surface area contributed by atoms with Crippen LogP contribution in [0.3, 0.4) is 0 Å². The molecule has 3 rings (SSSR count). The van der Waals surface area contributed by atoms with E-state index in [1.807, 2.05) is 31.2 Å². The van der Waals surface area contributed by atoms with E-state index in [1.54, 1.807) is 6.92 Å². The first-order valence-corrected chi connectivity index (χ1v) is 10.2. The molecule has 1 aliphatic heterocycles. The largest absolute Gasteiger partial charge is 0.354 e. The molecule has 1 saturated heterocycles. The van der Waals surface area contributed by atoms with Crippen molar-refractivity contribution >= 4 is 23.4 Å². The van der Waals surface area contributed by atoms with Crippen LogP contribution in [0.15, 0.2) is 24.3 Å². The molecule has 2 aromatic rings. The highest BCUT2D eigenvalue weighted by Gasteiger charge is 2.22. The summed E-state index contributed by atoms with van der Waals surface area (Å²) in [5, 5.41) is 15.6. The van der Waals surface area contributed by atoms with Gasteiger partial charge in [-0.1, -0.05) is 19.4 Å². The molecule has 1 aromatic heterocycles. The van der Waals surface area contributed by atoms with Crippen molar-refractivity contribution in [3.63, 3.8) is 0 Å². The van der Waals surface area contributed by atoms with Gasteiger partial charge in [-0.25, -0.2) is 4.98 Å². The van der Waals surface area contributed by atoms with Gasteiger partial charge in [0.25, 0.3) is 0 Å². The Bertz CT molecular complexity index is 920. The smallest absolute Gasteiger partial charge is 0.229 e. The summed E-state index contributed by atoms with van der Waals surface area (Å²) < 4.78 is 0. The first-order chi connectivity index (χ1) is 14.0. The Morgan fingerprint density at radius 1 is 1.34 bits per heavy atom. The number of nitriles is 1. The second-order valence-corrected chi connectivity index (χ2v) is 7.54. The monoisotopic (exact) mass is 392 g/mol. The van der Waals surface area contributed by atoms with Crippen molar-refractivity contribution in [2.75, 3.05) is 23.3 Å². The molecule has 1 atom stereocenters. The van der Waals surface area contributed by atoms with E-state index in [0.29, 0.717) is 11.5 Å². The lowest BCUT2D eigenvalue weighted by molar-refractivity contribution is -0.119. The zero-order chi connectivity index (χ0) is 20.8. The van der Waals surface area contributed by atoms with Crippen LogP contribution in [0.1, 0.15) is 49.9 Å². The van der Waals surface area contributed by atoms with Gasteiger partial charge in [-0.05, 0) is 43.9 Å². The molecule has 0 bridgehead atoms. The molecular formula is C22H28N6O. The van der Waals surface area contributed by atoms with Crippen molar-refractivity contribution in [1.82, 2.24) is 15.3 Å². The minimum Gasteiger partial charge on any atom is -0.354 e. The van der Waals surface area contributed by atoms with Gasteiger partial charge in [0.2, 0.25) is 11.9 Å². The highest BCUT2D eigenvalue weighted by atomic mass is 16.1. The first-order valence-electron chi connectivity index (χ1n) is 10.2. The van der Waals surface area contributed by atoms with Crippen molar-refractivity contribution in [1.29, 1.82) is 5.26 Å². The molecule has 29 heavy (non-hydrogen) atoms. The van der Waals surface area contributed by atoms with Gasteiger partial charge in [0, 0.05) is 43.5 Å². The summed E-state index contributed by atoms with van der Waals surface area (Å²) >= 11 is 0. The van der Waals surface area contributed by atoms with Crippen LogP contribution < -0.4 is 15.5 Å². The van der Waals surface area contributed by atoms with Crippen LogP contribution in [0.25, 0.3) is 0 Å². The van der Waals surface area contributed by atoms with Gasteiger partial charge >= 0.3 is 0 Å². The third-order valence-electron chi connectivity index (χ3n) is 5.04. The van der Waals surface area contributed by atoms with E-state index in [-0.39, 0.29) is 11.9 Å². The van der Waals surface area contributed by atoms with Gasteiger partial charge in [0.15, 0.2) is 0 Å². The van der Waals surface area contributed by atoms with E-state index in [1.165, 1.54) is 0 Å². The second-order valence-electron chi connectivity index (χ2n) is 7.54. The number of aromatic nitrogens is 2. The Hall–Kier alpha value is -3.14. The van der Waals surface area contributed by atoms with Crippen LogP contribution >= 0.6 is 0 Å². The van der Waals surface area contributed by atoms with E-state index in [4.69, 9.17) is 4.98 Å². The van der Waals surface area contributed by atoms with Gasteiger partial charge in [0.1, 0.15) is 5.82 Å². The number of anilines is 3. The molecule has 0 spiro atoms. The fourth-order valence-corrected chi connectivity index (χ4v) is 3.63. The van der Waals surface area contributed by atoms with E-state index in [9.17, 15) is 10.1 Å². The van der Waals surface area contributed by atoms with Gasteiger partial charge in [-0.3, -0.25) is 4.79 Å². The van der Waals surface area contributed by atoms with Gasteiger partial charge < -0.3 is 15.5 Å². The Labute approximate surface area is 172 Å². The van der Waals surface area contributed by atoms with Crippen LogP contribution in [-0.2, 0) is 11.2 Å². The third kappa shape index (κ3) is 5.44. The molecule has 0 radical (unpaired) electrons. The first kappa shape index (κ1) is 20.6. The minimum atomic E-state index is 0.00114. The van der Waals surface area contributed by atoms with E-state index < -0.39 is 0 Å². The van der Waals surface area contributed by atoms with Crippen LogP contribution in [0.2, 0.25) is 0 Å². The van der Waals surface area contributed by atoms with Crippen molar-refractivity contribution in [2.45, 2.75) is 52.5 Å². The molecule has 1 amide bonds. The number of nitrogens with one attached hydrogen (secondary N) is 2. The molecule has 0 aliphatic carbocycles. The van der Waals surface area contributed by atoms with Crippen molar-refractivity contribution in [3.05, 3.63) is 41.1 Å². The normalized spacial score (nSPS) is 16.2. The lowest BCUT2D eigenvalue weighted by atomic mass is 10.1. The van der Waals surface area contributed by atoms with E-state index >= 15 is 0 Å². The number of benzene rings is 1. The molecule has 1 fully saturated rings. The Morgan fingerprint density at radius 3 is 2.90 bits per heavy atom. The summed E-state index contributed by atoms with van der Waals surface area (Å²) in [5.41, 5.74) is 3.35. The SMILES string of the molecule is CCCc1cc(N2CCC[C@@H](NC(C)=O)C2)nc(Nc2ccc(C)c(C#N)c2)n1. The quantitative estimate of drug-likeness (QED) is 0.782. The van der Waals surface area contributed by atoms with Crippen LogP contribution in [0.5, 0.6) is 0 Å². The molecule has 1 aliphatic rings. The van der Waals surface area contributed by atoms with Gasteiger partial charge in [-0.15, -0.1) is 0 Å². The molecule has 0 unspecified atom stereocenters. The summed E-state index contributed by atoms with van der Waals surface area (Å²) in [5.74, 6) is 1.40. The van der Waals surface area contributed by atoms with Crippen LogP contribution in [0, 0.1) is 18.3 Å². The average molecular weight is 393 g/mol. The number of piperidine rings is 1. The number of hydrogen-bond donors (Lipinski definition) is 2. The van der Waals surface area contributed by atoms with Crippen molar-refractivity contribution < 1.29 is 4.79 Å². The molecule has 7 heteroatoms. The number of hydrogen-bond acceptors (Lipinski definition) is 6. The maximum Gasteiger partial charge on any atom is 0.229 e. The second kappa shape index (κ2) is 9.37. The molecular weight excluding hydrogens is 364 g/mol. The predicted octanol–water partition coefficient (Wildman–Crippen LogP) is 3.46. The van der Waals surface area contributed by atoms with Crippen LogP contribution in [-0.4, -0.2) is 35.0 Å².